The zero-order chi connectivity index (χ0) is 13.7. The third-order valence-corrected chi connectivity index (χ3v) is 3.17. The van der Waals surface area contributed by atoms with Crippen molar-refractivity contribution >= 4 is 11.9 Å². The Labute approximate surface area is 107 Å². The first kappa shape index (κ1) is 14.3. The lowest BCUT2D eigenvalue weighted by Gasteiger charge is -2.20. The minimum absolute atomic E-state index is 0.100. The van der Waals surface area contributed by atoms with E-state index in [0.29, 0.717) is 18.7 Å². The van der Waals surface area contributed by atoms with Crippen molar-refractivity contribution in [2.45, 2.75) is 39.8 Å². The molecule has 0 spiro atoms. The summed E-state index contributed by atoms with van der Waals surface area (Å²) in [6.45, 7) is 6.33. The number of rotatable bonds is 6. The van der Waals surface area contributed by atoms with Gasteiger partial charge in [0.15, 0.2) is 0 Å². The molecule has 0 radical (unpaired) electrons. The van der Waals surface area contributed by atoms with Crippen molar-refractivity contribution in [1.29, 1.82) is 0 Å². The van der Waals surface area contributed by atoms with Crippen LogP contribution in [0.3, 0.4) is 0 Å². The molecule has 1 aromatic rings. The Morgan fingerprint density at radius 3 is 2.61 bits per heavy atom. The lowest BCUT2D eigenvalue weighted by molar-refractivity contribution is -0.140. The van der Waals surface area contributed by atoms with E-state index in [2.05, 4.69) is 5.32 Å². The lowest BCUT2D eigenvalue weighted by Crippen LogP contribution is -2.45. The predicted octanol–water partition coefficient (Wildman–Crippen LogP) is 1.74. The van der Waals surface area contributed by atoms with Crippen molar-refractivity contribution in [3.05, 3.63) is 24.0 Å². The fourth-order valence-electron chi connectivity index (χ4n) is 1.79. The molecule has 1 rings (SSSR count). The quantitative estimate of drug-likeness (QED) is 0.810. The number of carbonyl (C=O) groups is 2. The highest BCUT2D eigenvalue weighted by molar-refractivity contribution is 5.95. The summed E-state index contributed by atoms with van der Waals surface area (Å²) in [5, 5.41) is 11.7. The molecule has 2 atom stereocenters. The number of amides is 1. The minimum atomic E-state index is -0.993. The second kappa shape index (κ2) is 6.23. The molecule has 0 aliphatic carbocycles. The molecule has 2 N–H and O–H groups in total. The van der Waals surface area contributed by atoms with Gasteiger partial charge in [-0.25, -0.2) is 4.79 Å². The molecule has 0 aliphatic rings. The van der Waals surface area contributed by atoms with Gasteiger partial charge >= 0.3 is 5.97 Å². The first-order valence-corrected chi connectivity index (χ1v) is 6.20. The van der Waals surface area contributed by atoms with Crippen LogP contribution in [0.4, 0.5) is 0 Å². The summed E-state index contributed by atoms with van der Waals surface area (Å²) in [6, 6.07) is 2.62. The van der Waals surface area contributed by atoms with E-state index in [4.69, 9.17) is 5.11 Å². The van der Waals surface area contributed by atoms with Gasteiger partial charge < -0.3 is 15.0 Å². The molecule has 0 bridgehead atoms. The second-order valence-corrected chi connectivity index (χ2v) is 4.35. The average Bonchev–Trinajstić information content (AvgIpc) is 2.82. The standard InChI is InChI=1S/C13H20N2O3/c1-4-9(3)11(13(17)18)14-12(16)10-7-6-8-15(10)5-2/h6-9,11H,4-5H2,1-3H3,(H,14,16)(H,17,18)/t9-,11-/m0/s1. The van der Waals surface area contributed by atoms with Gasteiger partial charge in [0.05, 0.1) is 0 Å². The van der Waals surface area contributed by atoms with Crippen LogP contribution in [0.15, 0.2) is 18.3 Å². The Morgan fingerprint density at radius 2 is 2.11 bits per heavy atom. The molecule has 100 valence electrons. The number of aromatic nitrogens is 1. The molecule has 0 unspecified atom stereocenters. The van der Waals surface area contributed by atoms with Crippen LogP contribution in [0.25, 0.3) is 0 Å². The molecular weight excluding hydrogens is 232 g/mol. The van der Waals surface area contributed by atoms with Gasteiger partial charge in [0, 0.05) is 12.7 Å². The van der Waals surface area contributed by atoms with Gasteiger partial charge in [-0.1, -0.05) is 20.3 Å². The molecule has 0 aromatic carbocycles. The smallest absolute Gasteiger partial charge is 0.326 e. The Bertz CT molecular complexity index is 426. The van der Waals surface area contributed by atoms with E-state index in [9.17, 15) is 9.59 Å². The van der Waals surface area contributed by atoms with Crippen molar-refractivity contribution in [2.24, 2.45) is 5.92 Å². The van der Waals surface area contributed by atoms with Crippen LogP contribution in [-0.2, 0) is 11.3 Å². The van der Waals surface area contributed by atoms with Gasteiger partial charge in [-0.15, -0.1) is 0 Å². The van der Waals surface area contributed by atoms with E-state index in [-0.39, 0.29) is 11.8 Å². The summed E-state index contributed by atoms with van der Waals surface area (Å²) in [5.41, 5.74) is 0.493. The third kappa shape index (κ3) is 3.12. The second-order valence-electron chi connectivity index (χ2n) is 4.35. The van der Waals surface area contributed by atoms with Crippen molar-refractivity contribution in [1.82, 2.24) is 9.88 Å². The van der Waals surface area contributed by atoms with Gasteiger partial charge in [0.1, 0.15) is 11.7 Å². The van der Waals surface area contributed by atoms with Crippen molar-refractivity contribution < 1.29 is 14.7 Å². The van der Waals surface area contributed by atoms with Gasteiger partial charge in [-0.3, -0.25) is 4.79 Å². The van der Waals surface area contributed by atoms with Gasteiger partial charge in [-0.2, -0.15) is 0 Å². The highest BCUT2D eigenvalue weighted by Gasteiger charge is 2.26. The lowest BCUT2D eigenvalue weighted by atomic mass is 9.99. The van der Waals surface area contributed by atoms with E-state index in [1.165, 1.54) is 0 Å². The third-order valence-electron chi connectivity index (χ3n) is 3.17. The number of carboxylic acid groups (broad SMARTS) is 1. The molecular formula is C13H20N2O3. The molecule has 5 heteroatoms. The van der Waals surface area contributed by atoms with Crippen molar-refractivity contribution in [2.75, 3.05) is 0 Å². The highest BCUT2D eigenvalue weighted by atomic mass is 16.4. The molecule has 5 nitrogen and oxygen atoms in total. The van der Waals surface area contributed by atoms with E-state index < -0.39 is 12.0 Å². The van der Waals surface area contributed by atoms with Crippen molar-refractivity contribution in [3.8, 4) is 0 Å². The highest BCUT2D eigenvalue weighted by Crippen LogP contribution is 2.10. The number of aliphatic carboxylic acids is 1. The van der Waals surface area contributed by atoms with Crippen LogP contribution in [0, 0.1) is 5.92 Å². The van der Waals surface area contributed by atoms with E-state index in [0.717, 1.165) is 0 Å². The molecule has 0 saturated carbocycles. The normalized spacial score (nSPS) is 13.9. The zero-order valence-electron chi connectivity index (χ0n) is 11.0. The maximum Gasteiger partial charge on any atom is 0.326 e. The largest absolute Gasteiger partial charge is 0.480 e. The van der Waals surface area contributed by atoms with E-state index >= 15 is 0 Å². The summed E-state index contributed by atoms with van der Waals surface area (Å²) in [7, 11) is 0. The van der Waals surface area contributed by atoms with E-state index in [1.807, 2.05) is 20.8 Å². The predicted molar refractivity (Wildman–Crippen MR) is 68.5 cm³/mol. The maximum absolute atomic E-state index is 12.0. The summed E-state index contributed by atoms with van der Waals surface area (Å²) in [5.74, 6) is -1.43. The molecule has 0 fully saturated rings. The number of hydrogen-bond donors (Lipinski definition) is 2. The number of nitrogens with zero attached hydrogens (tertiary/aromatic N) is 1. The minimum Gasteiger partial charge on any atom is -0.480 e. The van der Waals surface area contributed by atoms with Crippen LogP contribution in [-0.4, -0.2) is 27.6 Å². The fraction of sp³-hybridized carbons (Fsp3) is 0.538. The van der Waals surface area contributed by atoms with E-state index in [1.54, 1.807) is 22.9 Å². The Morgan fingerprint density at radius 1 is 1.44 bits per heavy atom. The summed E-state index contributed by atoms with van der Waals surface area (Å²) >= 11 is 0. The van der Waals surface area contributed by atoms with Crippen LogP contribution in [0.5, 0.6) is 0 Å². The molecule has 0 aliphatic heterocycles. The summed E-state index contributed by atoms with van der Waals surface area (Å²) < 4.78 is 1.78. The molecule has 0 saturated heterocycles. The molecule has 1 aromatic heterocycles. The first-order valence-electron chi connectivity index (χ1n) is 6.20. The Hall–Kier alpha value is -1.78. The van der Waals surface area contributed by atoms with Crippen molar-refractivity contribution in [3.63, 3.8) is 0 Å². The fourth-order valence-corrected chi connectivity index (χ4v) is 1.79. The summed E-state index contributed by atoms with van der Waals surface area (Å²) in [6.07, 6.45) is 2.50. The zero-order valence-corrected chi connectivity index (χ0v) is 11.0. The SMILES string of the molecule is CC[C@H](C)[C@H](NC(=O)c1cccn1CC)C(=O)O. The average molecular weight is 252 g/mol. The Kier molecular flexibility index (Phi) is 4.95. The van der Waals surface area contributed by atoms with Crippen LogP contribution in [0.1, 0.15) is 37.7 Å². The molecule has 18 heavy (non-hydrogen) atoms. The maximum atomic E-state index is 12.0. The number of carbonyl (C=O) groups excluding carboxylic acids is 1. The van der Waals surface area contributed by atoms with Crippen LogP contribution >= 0.6 is 0 Å². The van der Waals surface area contributed by atoms with Gasteiger partial charge in [0.25, 0.3) is 5.91 Å². The number of aryl methyl sites for hydroxylation is 1. The van der Waals surface area contributed by atoms with Crippen LogP contribution < -0.4 is 5.32 Å². The van der Waals surface area contributed by atoms with Gasteiger partial charge in [0.2, 0.25) is 0 Å². The van der Waals surface area contributed by atoms with Crippen LogP contribution in [0.2, 0.25) is 0 Å². The molecule has 1 heterocycles. The first-order chi connectivity index (χ1) is 8.51. The summed E-state index contributed by atoms with van der Waals surface area (Å²) in [4.78, 5) is 23.2. The topological polar surface area (TPSA) is 71.3 Å². The monoisotopic (exact) mass is 252 g/mol. The van der Waals surface area contributed by atoms with Gasteiger partial charge in [-0.05, 0) is 25.0 Å². The number of hydrogen-bond acceptors (Lipinski definition) is 2. The Balaban J connectivity index is 2.82. The number of nitrogens with one attached hydrogen (secondary N) is 1. The number of carboxylic acids is 1. The molecule has 1 amide bonds.